The van der Waals surface area contributed by atoms with Gasteiger partial charge in [0.15, 0.2) is 0 Å². The first-order chi connectivity index (χ1) is 9.63. The van der Waals surface area contributed by atoms with Gasteiger partial charge < -0.3 is 15.8 Å². The van der Waals surface area contributed by atoms with Crippen molar-refractivity contribution in [2.45, 2.75) is 0 Å². The zero-order valence-corrected chi connectivity index (χ0v) is 10.5. The van der Waals surface area contributed by atoms with Crippen molar-refractivity contribution < 1.29 is 14.3 Å². The third kappa shape index (κ3) is 4.02. The van der Waals surface area contributed by atoms with Gasteiger partial charge in [0.1, 0.15) is 5.75 Å². The number of para-hydroxylation sites is 1. The molecule has 6 heteroatoms. The zero-order chi connectivity index (χ0) is 14.4. The summed E-state index contributed by atoms with van der Waals surface area (Å²) in [6.45, 7) is 0. The number of anilines is 2. The van der Waals surface area contributed by atoms with E-state index in [1.807, 2.05) is 6.07 Å². The molecule has 20 heavy (non-hydrogen) atoms. The highest BCUT2D eigenvalue weighted by Crippen LogP contribution is 2.16. The predicted octanol–water partition coefficient (Wildman–Crippen LogP) is 2.79. The molecule has 2 rings (SSSR count). The van der Waals surface area contributed by atoms with Gasteiger partial charge in [0.2, 0.25) is 0 Å². The van der Waals surface area contributed by atoms with Crippen LogP contribution in [0.25, 0.3) is 0 Å². The van der Waals surface area contributed by atoms with Crippen molar-refractivity contribution >= 4 is 23.5 Å². The summed E-state index contributed by atoms with van der Waals surface area (Å²) >= 11 is 0. The molecular weight excluding hydrogens is 258 g/mol. The number of carbonyl (C=O) groups is 2. The Morgan fingerprint density at radius 2 is 1.55 bits per heavy atom. The average molecular weight is 271 g/mol. The van der Waals surface area contributed by atoms with Crippen LogP contribution in [0.15, 0.2) is 54.6 Å². The van der Waals surface area contributed by atoms with Crippen molar-refractivity contribution in [2.75, 3.05) is 10.6 Å². The number of amides is 3. The van der Waals surface area contributed by atoms with Crippen molar-refractivity contribution in [3.8, 4) is 5.75 Å². The summed E-state index contributed by atoms with van der Waals surface area (Å²) in [5, 5.41) is 4.97. The van der Waals surface area contributed by atoms with Crippen molar-refractivity contribution in [3.63, 3.8) is 0 Å². The molecule has 0 radical (unpaired) electrons. The molecule has 4 N–H and O–H groups in total. The van der Waals surface area contributed by atoms with Crippen molar-refractivity contribution in [2.24, 2.45) is 5.73 Å². The Labute approximate surface area is 115 Å². The van der Waals surface area contributed by atoms with Gasteiger partial charge in [0.25, 0.3) is 0 Å². The topological polar surface area (TPSA) is 93.5 Å². The van der Waals surface area contributed by atoms with Crippen molar-refractivity contribution in [1.29, 1.82) is 0 Å². The second-order valence-electron chi connectivity index (χ2n) is 3.90. The Morgan fingerprint density at radius 3 is 2.20 bits per heavy atom. The highest BCUT2D eigenvalue weighted by Gasteiger charge is 2.05. The van der Waals surface area contributed by atoms with E-state index in [1.165, 1.54) is 0 Å². The van der Waals surface area contributed by atoms with E-state index in [4.69, 9.17) is 10.5 Å². The Hall–Kier alpha value is -3.02. The Bertz CT molecular complexity index is 614. The van der Waals surface area contributed by atoms with Crippen LogP contribution >= 0.6 is 0 Å². The van der Waals surface area contributed by atoms with Crippen LogP contribution in [0.5, 0.6) is 5.75 Å². The number of nitrogens with two attached hydrogens (primary N) is 1. The minimum atomic E-state index is -0.672. The van der Waals surface area contributed by atoms with Crippen molar-refractivity contribution in [1.82, 2.24) is 0 Å². The molecule has 0 spiro atoms. The van der Waals surface area contributed by atoms with E-state index in [1.54, 1.807) is 48.5 Å². The molecule has 102 valence electrons. The first-order valence-corrected chi connectivity index (χ1v) is 5.84. The number of ether oxygens (including phenoxy) is 1. The fraction of sp³-hybridized carbons (Fsp3) is 0. The molecule has 0 aliphatic heterocycles. The number of urea groups is 1. The normalized spacial score (nSPS) is 9.60. The Kier molecular flexibility index (Phi) is 4.18. The molecule has 0 heterocycles. The number of carbonyl (C=O) groups excluding carboxylic acids is 2. The summed E-state index contributed by atoms with van der Waals surface area (Å²) in [7, 11) is 0. The van der Waals surface area contributed by atoms with Gasteiger partial charge in [-0.25, -0.2) is 9.59 Å². The monoisotopic (exact) mass is 271 g/mol. The summed E-state index contributed by atoms with van der Waals surface area (Å²) in [6, 6.07) is 14.6. The maximum absolute atomic E-state index is 11.7. The van der Waals surface area contributed by atoms with Crippen LogP contribution < -0.4 is 21.1 Å². The SMILES string of the molecule is NC(=O)Nc1cccc(NC(=O)Oc2ccccc2)c1. The van der Waals surface area contributed by atoms with E-state index >= 15 is 0 Å². The van der Waals surface area contributed by atoms with Crippen LogP contribution in [0.3, 0.4) is 0 Å². The fourth-order valence-electron chi connectivity index (χ4n) is 1.56. The summed E-state index contributed by atoms with van der Waals surface area (Å²) in [6.07, 6.45) is -0.618. The lowest BCUT2D eigenvalue weighted by molar-refractivity contribution is 0.215. The molecule has 2 aromatic rings. The average Bonchev–Trinajstić information content (AvgIpc) is 2.39. The van der Waals surface area contributed by atoms with E-state index in [0.717, 1.165) is 0 Å². The van der Waals surface area contributed by atoms with E-state index in [2.05, 4.69) is 10.6 Å². The number of rotatable bonds is 3. The van der Waals surface area contributed by atoms with Crippen LogP contribution in [-0.4, -0.2) is 12.1 Å². The van der Waals surface area contributed by atoms with Crippen LogP contribution in [0.4, 0.5) is 21.0 Å². The van der Waals surface area contributed by atoms with E-state index in [-0.39, 0.29) is 0 Å². The highest BCUT2D eigenvalue weighted by molar-refractivity contribution is 5.90. The molecule has 0 saturated heterocycles. The van der Waals surface area contributed by atoms with Crippen LogP contribution in [0, 0.1) is 0 Å². The lowest BCUT2D eigenvalue weighted by atomic mass is 10.3. The minimum absolute atomic E-state index is 0.441. The highest BCUT2D eigenvalue weighted by atomic mass is 16.6. The minimum Gasteiger partial charge on any atom is -0.410 e. The van der Waals surface area contributed by atoms with Gasteiger partial charge in [0.05, 0.1) is 0 Å². The summed E-state index contributed by atoms with van der Waals surface area (Å²) in [4.78, 5) is 22.4. The lowest BCUT2D eigenvalue weighted by Gasteiger charge is -2.08. The largest absolute Gasteiger partial charge is 0.417 e. The predicted molar refractivity (Wildman–Crippen MR) is 75.7 cm³/mol. The second kappa shape index (κ2) is 6.24. The number of hydrogen-bond donors (Lipinski definition) is 3. The first-order valence-electron chi connectivity index (χ1n) is 5.84. The molecule has 2 aromatic carbocycles. The summed E-state index contributed by atoms with van der Waals surface area (Å²) < 4.78 is 5.08. The van der Waals surface area contributed by atoms with Gasteiger partial charge in [-0.3, -0.25) is 5.32 Å². The molecule has 0 unspecified atom stereocenters. The Balaban J connectivity index is 1.99. The Morgan fingerprint density at radius 1 is 0.900 bits per heavy atom. The van der Waals surface area contributed by atoms with Crippen molar-refractivity contribution in [3.05, 3.63) is 54.6 Å². The van der Waals surface area contributed by atoms with Crippen LogP contribution in [-0.2, 0) is 0 Å². The maximum atomic E-state index is 11.7. The summed E-state index contributed by atoms with van der Waals surface area (Å²) in [5.41, 5.74) is 5.98. The molecule has 6 nitrogen and oxygen atoms in total. The molecule has 0 aromatic heterocycles. The van der Waals surface area contributed by atoms with Gasteiger partial charge >= 0.3 is 12.1 Å². The van der Waals surface area contributed by atoms with E-state index in [0.29, 0.717) is 17.1 Å². The van der Waals surface area contributed by atoms with Gasteiger partial charge in [-0.1, -0.05) is 24.3 Å². The molecule has 0 aliphatic rings. The second-order valence-corrected chi connectivity index (χ2v) is 3.90. The van der Waals surface area contributed by atoms with Gasteiger partial charge in [0, 0.05) is 11.4 Å². The smallest absolute Gasteiger partial charge is 0.410 e. The van der Waals surface area contributed by atoms with E-state index < -0.39 is 12.1 Å². The first kappa shape index (κ1) is 13.4. The molecule has 3 amide bonds. The van der Waals surface area contributed by atoms with Crippen LogP contribution in [0.1, 0.15) is 0 Å². The molecule has 0 saturated carbocycles. The number of benzene rings is 2. The molecule has 0 fully saturated rings. The van der Waals surface area contributed by atoms with Gasteiger partial charge in [-0.15, -0.1) is 0 Å². The summed E-state index contributed by atoms with van der Waals surface area (Å²) in [5.74, 6) is 0.441. The molecular formula is C14H13N3O3. The quantitative estimate of drug-likeness (QED) is 0.801. The van der Waals surface area contributed by atoms with Crippen LogP contribution in [0.2, 0.25) is 0 Å². The lowest BCUT2D eigenvalue weighted by Crippen LogP contribution is -2.20. The zero-order valence-electron chi connectivity index (χ0n) is 10.5. The maximum Gasteiger partial charge on any atom is 0.417 e. The van der Waals surface area contributed by atoms with Gasteiger partial charge in [-0.2, -0.15) is 0 Å². The van der Waals surface area contributed by atoms with Gasteiger partial charge in [-0.05, 0) is 30.3 Å². The molecule has 0 aliphatic carbocycles. The third-order valence-corrected chi connectivity index (χ3v) is 2.33. The number of hydrogen-bond acceptors (Lipinski definition) is 3. The number of nitrogens with one attached hydrogen (secondary N) is 2. The molecule has 0 bridgehead atoms. The van der Waals surface area contributed by atoms with E-state index in [9.17, 15) is 9.59 Å². The third-order valence-electron chi connectivity index (χ3n) is 2.33. The molecule has 0 atom stereocenters. The fourth-order valence-corrected chi connectivity index (χ4v) is 1.56. The standard InChI is InChI=1S/C14H13N3O3/c15-13(18)16-10-5-4-6-11(9-10)17-14(19)20-12-7-2-1-3-8-12/h1-9H,(H,17,19)(H3,15,16,18). The number of primary amides is 1.